The van der Waals surface area contributed by atoms with Gasteiger partial charge in [0.25, 0.3) is 0 Å². The van der Waals surface area contributed by atoms with Crippen molar-refractivity contribution in [3.63, 3.8) is 0 Å². The number of carbonyl (C=O) groups excluding carboxylic acids is 1. The Morgan fingerprint density at radius 3 is 2.85 bits per heavy atom. The number of nitriles is 1. The van der Waals surface area contributed by atoms with Crippen LogP contribution in [-0.2, 0) is 20.0 Å². The largest absolute Gasteiger partial charge is 0.506 e. The molecule has 1 aromatic heterocycles. The van der Waals surface area contributed by atoms with E-state index >= 15 is 0 Å². The van der Waals surface area contributed by atoms with Gasteiger partial charge in [-0.3, -0.25) is 4.79 Å². The number of esters is 1. The third kappa shape index (κ3) is 3.57. The van der Waals surface area contributed by atoms with Gasteiger partial charge in [-0.15, -0.1) is 0 Å². The van der Waals surface area contributed by atoms with Crippen molar-refractivity contribution in [2.24, 2.45) is 11.7 Å². The van der Waals surface area contributed by atoms with Gasteiger partial charge in [-0.25, -0.2) is 9.36 Å². The van der Waals surface area contributed by atoms with Crippen molar-refractivity contribution >= 4 is 11.8 Å². The van der Waals surface area contributed by atoms with Gasteiger partial charge in [-0.1, -0.05) is 20.3 Å². The number of rotatable bonds is 6. The monoisotopic (exact) mass is 379 g/mol. The third-order valence-electron chi connectivity index (χ3n) is 4.41. The zero-order valence-corrected chi connectivity index (χ0v) is 14.8. The van der Waals surface area contributed by atoms with Crippen LogP contribution in [-0.4, -0.2) is 44.5 Å². The molecule has 146 valence electrons. The smallest absolute Gasteiger partial charge is 0.353 e. The van der Waals surface area contributed by atoms with Crippen LogP contribution < -0.4 is 17.2 Å². The Bertz CT molecular complexity index is 860. The van der Waals surface area contributed by atoms with Crippen LogP contribution >= 0.6 is 0 Å². The first-order valence-electron chi connectivity index (χ1n) is 8.16. The van der Waals surface area contributed by atoms with Crippen LogP contribution in [0.1, 0.15) is 20.3 Å². The zero-order valence-electron chi connectivity index (χ0n) is 14.8. The highest BCUT2D eigenvalue weighted by Crippen LogP contribution is 2.36. The molecule has 1 aromatic rings. The summed E-state index contributed by atoms with van der Waals surface area (Å²) in [6.45, 7) is 3.06. The highest BCUT2D eigenvalue weighted by molar-refractivity contribution is 5.75. The maximum absolute atomic E-state index is 12.0. The summed E-state index contributed by atoms with van der Waals surface area (Å²) in [5.41, 5.74) is 7.88. The van der Waals surface area contributed by atoms with Crippen molar-refractivity contribution in [3.8, 4) is 6.07 Å². The van der Waals surface area contributed by atoms with E-state index < -0.39 is 41.9 Å². The number of hydrogen-bond acceptors (Lipinski definition) is 10. The molecule has 2 heterocycles. The summed E-state index contributed by atoms with van der Waals surface area (Å²) < 4.78 is 11.0. The predicted octanol–water partition coefficient (Wildman–Crippen LogP) is -0.921. The first-order valence-corrected chi connectivity index (χ1v) is 8.16. The van der Waals surface area contributed by atoms with E-state index in [1.54, 1.807) is 13.0 Å². The molecule has 0 amide bonds. The quantitative estimate of drug-likeness (QED) is 0.450. The van der Waals surface area contributed by atoms with Crippen LogP contribution in [0.2, 0.25) is 0 Å². The molecule has 27 heavy (non-hydrogen) atoms. The maximum Gasteiger partial charge on any atom is 0.353 e. The average molecular weight is 379 g/mol. The van der Waals surface area contributed by atoms with E-state index in [1.807, 2.05) is 6.92 Å². The minimum Gasteiger partial charge on any atom is -0.506 e. The fourth-order valence-electron chi connectivity index (χ4n) is 2.44. The van der Waals surface area contributed by atoms with Crippen molar-refractivity contribution in [2.45, 2.75) is 38.1 Å². The topological polar surface area (TPSA) is 187 Å². The molecule has 0 saturated carbocycles. The Hall–Kier alpha value is -3.10. The van der Waals surface area contributed by atoms with E-state index in [4.69, 9.17) is 20.9 Å². The molecule has 1 aliphatic heterocycles. The van der Waals surface area contributed by atoms with Crippen molar-refractivity contribution in [1.82, 2.24) is 9.55 Å². The number of hydrogen-bond donors (Lipinski definition) is 4. The van der Waals surface area contributed by atoms with Crippen LogP contribution in [0.25, 0.3) is 0 Å². The minimum absolute atomic E-state index is 0.0952. The van der Waals surface area contributed by atoms with Crippen LogP contribution in [0, 0.1) is 17.2 Å². The van der Waals surface area contributed by atoms with E-state index in [2.05, 4.69) is 4.98 Å². The van der Waals surface area contributed by atoms with Crippen LogP contribution in [0.4, 0.5) is 5.82 Å². The molecule has 2 unspecified atom stereocenters. The number of aliphatic hydroxyl groups excluding tert-OH is 2. The predicted molar refractivity (Wildman–Crippen MR) is 91.6 cm³/mol. The van der Waals surface area contributed by atoms with Gasteiger partial charge < -0.3 is 31.2 Å². The van der Waals surface area contributed by atoms with Crippen molar-refractivity contribution in [3.05, 3.63) is 34.3 Å². The number of anilines is 1. The highest BCUT2D eigenvalue weighted by Gasteiger charge is 2.53. The van der Waals surface area contributed by atoms with Crippen LogP contribution in [0.5, 0.6) is 0 Å². The Morgan fingerprint density at radius 2 is 2.30 bits per heavy atom. The summed E-state index contributed by atoms with van der Waals surface area (Å²) in [6, 6.07) is 1.98. The maximum atomic E-state index is 12.0. The number of nitrogens with two attached hydrogens (primary N) is 2. The molecule has 11 heteroatoms. The van der Waals surface area contributed by atoms with Gasteiger partial charge in [0.2, 0.25) is 0 Å². The van der Waals surface area contributed by atoms with Crippen LogP contribution in [0.15, 0.2) is 28.6 Å². The summed E-state index contributed by atoms with van der Waals surface area (Å²) >= 11 is 0. The average Bonchev–Trinajstić information content (AvgIpc) is 2.90. The molecule has 1 aliphatic rings. The molecule has 0 bridgehead atoms. The molecular weight excluding hydrogens is 358 g/mol. The van der Waals surface area contributed by atoms with Gasteiger partial charge in [0.15, 0.2) is 24.2 Å². The molecule has 0 fully saturated rings. The van der Waals surface area contributed by atoms with Crippen molar-refractivity contribution < 1.29 is 24.5 Å². The van der Waals surface area contributed by atoms with Crippen LogP contribution in [0.3, 0.4) is 0 Å². The number of aliphatic hydroxyl groups is 2. The standard InChI is InChI=1S/C16H21N5O6/c1-3-8(2)11(19)14(24)26-6-9-12(22)13(23)16(7-17,27-9)21-5-4-10(18)20-15(21)25/h4-5,8,11,13,22-23H,3,6,19H2,1-2H3,(H2,18,20,25)/t8?,11-,13?,16+/m0/s1. The Labute approximate surface area is 154 Å². The summed E-state index contributed by atoms with van der Waals surface area (Å²) in [5.74, 6) is -2.08. The summed E-state index contributed by atoms with van der Waals surface area (Å²) in [6.07, 6.45) is -0.162. The lowest BCUT2D eigenvalue weighted by Gasteiger charge is -2.26. The second-order valence-electron chi connectivity index (χ2n) is 6.15. The van der Waals surface area contributed by atoms with E-state index in [1.165, 1.54) is 6.07 Å². The zero-order chi connectivity index (χ0) is 20.4. The molecule has 0 aromatic carbocycles. The lowest BCUT2D eigenvalue weighted by molar-refractivity contribution is -0.147. The second-order valence-corrected chi connectivity index (χ2v) is 6.15. The Morgan fingerprint density at radius 1 is 1.63 bits per heavy atom. The lowest BCUT2D eigenvalue weighted by atomic mass is 10.0. The fourth-order valence-corrected chi connectivity index (χ4v) is 2.44. The van der Waals surface area contributed by atoms with Crippen molar-refractivity contribution in [2.75, 3.05) is 12.3 Å². The van der Waals surface area contributed by atoms with Crippen molar-refractivity contribution in [1.29, 1.82) is 5.26 Å². The molecule has 4 atom stereocenters. The van der Waals surface area contributed by atoms with E-state index in [-0.39, 0.29) is 17.5 Å². The molecule has 11 nitrogen and oxygen atoms in total. The third-order valence-corrected chi connectivity index (χ3v) is 4.41. The van der Waals surface area contributed by atoms with Gasteiger partial charge in [0.05, 0.1) is 0 Å². The molecule has 0 aliphatic carbocycles. The van der Waals surface area contributed by atoms with Gasteiger partial charge >= 0.3 is 17.4 Å². The van der Waals surface area contributed by atoms with E-state index in [0.717, 1.165) is 6.20 Å². The minimum atomic E-state index is -2.32. The number of ether oxygens (including phenoxy) is 2. The van der Waals surface area contributed by atoms with Gasteiger partial charge in [0.1, 0.15) is 17.9 Å². The first kappa shape index (κ1) is 20.2. The Kier molecular flexibility index (Phi) is 5.72. The van der Waals surface area contributed by atoms with Gasteiger partial charge in [-0.05, 0) is 12.0 Å². The normalized spacial score (nSPS) is 24.0. The number of nitrogen functional groups attached to an aromatic ring is 1. The van der Waals surface area contributed by atoms with E-state index in [0.29, 0.717) is 11.0 Å². The Balaban J connectivity index is 2.23. The highest BCUT2D eigenvalue weighted by atomic mass is 16.6. The first-order chi connectivity index (χ1) is 12.7. The summed E-state index contributed by atoms with van der Waals surface area (Å²) in [4.78, 5) is 27.5. The molecule has 2 rings (SSSR count). The number of aromatic nitrogens is 2. The second kappa shape index (κ2) is 7.65. The molecular formula is C16H21N5O6. The summed E-state index contributed by atoms with van der Waals surface area (Å²) in [5, 5.41) is 29.9. The number of nitrogens with zero attached hydrogens (tertiary/aromatic N) is 3. The lowest BCUT2D eigenvalue weighted by Crippen LogP contribution is -2.48. The molecule has 0 spiro atoms. The number of carbonyl (C=O) groups is 1. The molecule has 0 radical (unpaired) electrons. The summed E-state index contributed by atoms with van der Waals surface area (Å²) in [7, 11) is 0. The van der Waals surface area contributed by atoms with Gasteiger partial charge in [0, 0.05) is 6.20 Å². The fraction of sp³-hybridized carbons (Fsp3) is 0.500. The SMILES string of the molecule is CCC(C)[C@H](N)C(=O)OCC1=C(O)C(O)[C@](C#N)(n2ccc(N)nc2=O)O1. The molecule has 0 saturated heterocycles. The molecule has 6 N–H and O–H groups in total. The van der Waals surface area contributed by atoms with Gasteiger partial charge in [-0.2, -0.15) is 10.2 Å². The van der Waals surface area contributed by atoms with E-state index in [9.17, 15) is 25.1 Å².